The van der Waals surface area contributed by atoms with Crippen molar-refractivity contribution in [2.24, 2.45) is 23.2 Å². The van der Waals surface area contributed by atoms with Crippen molar-refractivity contribution in [1.82, 2.24) is 10.2 Å². The lowest BCUT2D eigenvalue weighted by Crippen LogP contribution is -2.41. The molecule has 1 saturated heterocycles. The van der Waals surface area contributed by atoms with Crippen molar-refractivity contribution in [3.63, 3.8) is 0 Å². The number of nitrogens with one attached hydrogen (secondary N) is 1. The fraction of sp³-hybridized carbons (Fsp3) is 0.857. The van der Waals surface area contributed by atoms with Gasteiger partial charge in [0.25, 0.3) is 0 Å². The lowest BCUT2D eigenvalue weighted by atomic mass is 9.89. The minimum atomic E-state index is -0.383. The fourth-order valence-corrected chi connectivity index (χ4v) is 3.81. The summed E-state index contributed by atoms with van der Waals surface area (Å²) in [6, 6.07) is 0. The highest BCUT2D eigenvalue weighted by Gasteiger charge is 2.50. The van der Waals surface area contributed by atoms with E-state index in [0.29, 0.717) is 12.5 Å². The Kier molecular flexibility index (Phi) is 2.65. The molecule has 0 spiro atoms. The van der Waals surface area contributed by atoms with Crippen molar-refractivity contribution in [2.45, 2.75) is 32.6 Å². The molecule has 18 heavy (non-hydrogen) atoms. The molecule has 2 saturated carbocycles. The summed E-state index contributed by atoms with van der Waals surface area (Å²) in [5.41, 5.74) is -0.383. The third-order valence-electron chi connectivity index (χ3n) is 5.15. The molecule has 3 aliphatic rings. The minimum Gasteiger partial charge on any atom is -0.359 e. The Labute approximate surface area is 108 Å². The van der Waals surface area contributed by atoms with Crippen molar-refractivity contribution < 1.29 is 9.59 Å². The van der Waals surface area contributed by atoms with Crippen LogP contribution in [-0.4, -0.2) is 36.9 Å². The summed E-state index contributed by atoms with van der Waals surface area (Å²) in [6.45, 7) is 3.30. The third kappa shape index (κ3) is 1.82. The molecule has 0 aromatic rings. The van der Waals surface area contributed by atoms with E-state index < -0.39 is 0 Å². The van der Waals surface area contributed by atoms with Gasteiger partial charge in [-0.3, -0.25) is 9.59 Å². The number of likely N-dealkylation sites (tertiary alicyclic amines) is 1. The highest BCUT2D eigenvalue weighted by Crippen LogP contribution is 2.54. The van der Waals surface area contributed by atoms with Crippen molar-refractivity contribution >= 4 is 11.8 Å². The molecular weight excluding hydrogens is 228 g/mol. The van der Waals surface area contributed by atoms with Crippen molar-refractivity contribution in [2.75, 3.05) is 20.1 Å². The van der Waals surface area contributed by atoms with Crippen LogP contribution in [0.1, 0.15) is 32.6 Å². The normalized spacial score (nSPS) is 41.7. The summed E-state index contributed by atoms with van der Waals surface area (Å²) in [5.74, 6) is 2.29. The Morgan fingerprint density at radius 2 is 1.89 bits per heavy atom. The topological polar surface area (TPSA) is 49.4 Å². The zero-order chi connectivity index (χ0) is 12.9. The van der Waals surface area contributed by atoms with E-state index in [1.165, 1.54) is 6.42 Å². The van der Waals surface area contributed by atoms with Gasteiger partial charge in [-0.25, -0.2) is 0 Å². The number of nitrogens with zero attached hydrogens (tertiary/aromatic N) is 1. The summed E-state index contributed by atoms with van der Waals surface area (Å²) in [4.78, 5) is 26.2. The first-order valence-corrected chi connectivity index (χ1v) is 7.04. The molecule has 0 radical (unpaired) electrons. The Balaban J connectivity index is 1.61. The van der Waals surface area contributed by atoms with E-state index in [1.807, 2.05) is 11.8 Å². The Hall–Kier alpha value is -1.06. The average molecular weight is 250 g/mol. The fourth-order valence-electron chi connectivity index (χ4n) is 3.81. The molecule has 2 aliphatic carbocycles. The third-order valence-corrected chi connectivity index (χ3v) is 5.15. The van der Waals surface area contributed by atoms with Gasteiger partial charge in [-0.15, -0.1) is 0 Å². The molecule has 1 N–H and O–H groups in total. The summed E-state index contributed by atoms with van der Waals surface area (Å²) in [6.07, 6.45) is 4.32. The van der Waals surface area contributed by atoms with E-state index in [-0.39, 0.29) is 17.2 Å². The highest BCUT2D eigenvalue weighted by molar-refractivity contribution is 5.85. The minimum absolute atomic E-state index is 0.0621. The van der Waals surface area contributed by atoms with E-state index in [0.717, 1.165) is 37.6 Å². The van der Waals surface area contributed by atoms with Crippen LogP contribution in [0, 0.1) is 23.2 Å². The Morgan fingerprint density at radius 3 is 2.50 bits per heavy atom. The van der Waals surface area contributed by atoms with Gasteiger partial charge in [0.1, 0.15) is 0 Å². The second-order valence-electron chi connectivity index (χ2n) is 6.57. The van der Waals surface area contributed by atoms with Gasteiger partial charge in [0, 0.05) is 26.1 Å². The van der Waals surface area contributed by atoms with Crippen LogP contribution in [0.25, 0.3) is 0 Å². The van der Waals surface area contributed by atoms with Crippen LogP contribution in [0.5, 0.6) is 0 Å². The second-order valence-corrected chi connectivity index (χ2v) is 6.57. The number of amides is 2. The van der Waals surface area contributed by atoms with Crippen LogP contribution < -0.4 is 5.32 Å². The standard InChI is InChI=1S/C14H22N2O2/c1-14(13(18)15-2)3-4-16(8-14)12(17)11-6-9-5-10(9)7-11/h9-11H,3-8H2,1-2H3,(H,15,18). The van der Waals surface area contributed by atoms with Crippen LogP contribution >= 0.6 is 0 Å². The molecule has 4 nitrogen and oxygen atoms in total. The monoisotopic (exact) mass is 250 g/mol. The number of rotatable bonds is 2. The zero-order valence-electron chi connectivity index (χ0n) is 11.2. The molecule has 1 heterocycles. The lowest BCUT2D eigenvalue weighted by molar-refractivity contribution is -0.136. The number of carbonyl (C=O) groups is 2. The quantitative estimate of drug-likeness (QED) is 0.795. The molecule has 4 heteroatoms. The molecule has 0 bridgehead atoms. The van der Waals surface area contributed by atoms with Gasteiger partial charge in [0.15, 0.2) is 0 Å². The average Bonchev–Trinajstić information content (AvgIpc) is 2.80. The first kappa shape index (κ1) is 12.0. The number of carbonyl (C=O) groups excluding carboxylic acids is 2. The first-order chi connectivity index (χ1) is 8.53. The second kappa shape index (κ2) is 3.97. The molecule has 100 valence electrons. The molecule has 1 aliphatic heterocycles. The van der Waals surface area contributed by atoms with E-state index in [4.69, 9.17) is 0 Å². The van der Waals surface area contributed by atoms with Gasteiger partial charge in [-0.2, -0.15) is 0 Å². The summed E-state index contributed by atoms with van der Waals surface area (Å²) in [7, 11) is 1.67. The summed E-state index contributed by atoms with van der Waals surface area (Å²) < 4.78 is 0. The van der Waals surface area contributed by atoms with Crippen molar-refractivity contribution in [1.29, 1.82) is 0 Å². The molecular formula is C14H22N2O2. The van der Waals surface area contributed by atoms with Crippen LogP contribution in [0.15, 0.2) is 0 Å². The van der Waals surface area contributed by atoms with Gasteiger partial charge in [0.2, 0.25) is 11.8 Å². The summed E-state index contributed by atoms with van der Waals surface area (Å²) >= 11 is 0. The Bertz CT molecular complexity index is 385. The molecule has 3 atom stereocenters. The first-order valence-electron chi connectivity index (χ1n) is 7.04. The molecule has 0 aromatic heterocycles. The smallest absolute Gasteiger partial charge is 0.227 e. The Morgan fingerprint density at radius 1 is 1.22 bits per heavy atom. The molecule has 3 rings (SSSR count). The van der Waals surface area contributed by atoms with Crippen LogP contribution in [0.4, 0.5) is 0 Å². The molecule has 3 fully saturated rings. The van der Waals surface area contributed by atoms with Gasteiger partial charge >= 0.3 is 0 Å². The lowest BCUT2D eigenvalue weighted by Gasteiger charge is -2.25. The maximum atomic E-state index is 12.4. The van der Waals surface area contributed by atoms with Crippen LogP contribution in [-0.2, 0) is 9.59 Å². The van der Waals surface area contributed by atoms with E-state index >= 15 is 0 Å². The number of hydrogen-bond acceptors (Lipinski definition) is 2. The van der Waals surface area contributed by atoms with Gasteiger partial charge in [-0.05, 0) is 44.4 Å². The predicted molar refractivity (Wildman–Crippen MR) is 67.7 cm³/mol. The van der Waals surface area contributed by atoms with Crippen molar-refractivity contribution in [3.8, 4) is 0 Å². The van der Waals surface area contributed by atoms with E-state index in [1.54, 1.807) is 7.05 Å². The maximum absolute atomic E-state index is 12.4. The maximum Gasteiger partial charge on any atom is 0.227 e. The van der Waals surface area contributed by atoms with Gasteiger partial charge in [-0.1, -0.05) is 0 Å². The summed E-state index contributed by atoms with van der Waals surface area (Å²) in [5, 5.41) is 2.71. The molecule has 2 amide bonds. The number of fused-ring (bicyclic) bond motifs is 1. The predicted octanol–water partition coefficient (Wildman–Crippen LogP) is 1.02. The van der Waals surface area contributed by atoms with Crippen LogP contribution in [0.2, 0.25) is 0 Å². The van der Waals surface area contributed by atoms with Crippen LogP contribution in [0.3, 0.4) is 0 Å². The van der Waals surface area contributed by atoms with Gasteiger partial charge < -0.3 is 10.2 Å². The molecule has 3 unspecified atom stereocenters. The molecule has 0 aromatic carbocycles. The zero-order valence-corrected chi connectivity index (χ0v) is 11.2. The largest absolute Gasteiger partial charge is 0.359 e. The van der Waals surface area contributed by atoms with E-state index in [9.17, 15) is 9.59 Å². The number of hydrogen-bond donors (Lipinski definition) is 1. The SMILES string of the molecule is CNC(=O)C1(C)CCN(C(=O)C2CC3CC3C2)C1. The van der Waals surface area contributed by atoms with E-state index in [2.05, 4.69) is 5.32 Å². The highest BCUT2D eigenvalue weighted by atomic mass is 16.2. The van der Waals surface area contributed by atoms with Crippen molar-refractivity contribution in [3.05, 3.63) is 0 Å². The van der Waals surface area contributed by atoms with Gasteiger partial charge in [0.05, 0.1) is 5.41 Å².